The van der Waals surface area contributed by atoms with E-state index in [1.807, 2.05) is 0 Å². The quantitative estimate of drug-likeness (QED) is 0.363. The molecule has 0 radical (unpaired) electrons. The van der Waals surface area contributed by atoms with Crippen LogP contribution in [0.3, 0.4) is 0 Å². The van der Waals surface area contributed by atoms with Crippen LogP contribution in [0.5, 0.6) is 0 Å². The first kappa shape index (κ1) is 16.8. The normalized spacial score (nSPS) is 7.44. The number of unbranched alkanes of at least 4 members (excludes halogenated alkanes) is 3. The van der Waals surface area contributed by atoms with Crippen LogP contribution < -0.4 is 34.0 Å². The maximum atomic E-state index is 2.75. The Morgan fingerprint density at radius 2 is 1.56 bits per heavy atom. The van der Waals surface area contributed by atoms with Gasteiger partial charge in [0.25, 0.3) is 0 Å². The van der Waals surface area contributed by atoms with Crippen molar-refractivity contribution in [3.8, 4) is 0 Å². The Balaban J connectivity index is -0.000000180. The molecule has 0 aromatic rings. The molecule has 54 valence electrons. The predicted molar refractivity (Wildman–Crippen MR) is 34.7 cm³/mol. The molecule has 0 saturated carbocycles. The largest absolute Gasteiger partial charge is 1.00 e. The minimum Gasteiger partial charge on any atom is -1.00 e. The summed E-state index contributed by atoms with van der Waals surface area (Å²) in [6, 6.07) is 0. The smallest absolute Gasteiger partial charge is 1.00 e. The SMILES string of the molecule is CCCCC[CH2][Al+2].[Br-].[Br-]. The number of hydrogen-bond donors (Lipinski definition) is 0. The minimum absolute atomic E-state index is 0. The van der Waals surface area contributed by atoms with Crippen molar-refractivity contribution in [1.82, 2.24) is 0 Å². The van der Waals surface area contributed by atoms with E-state index in [4.69, 9.17) is 0 Å². The number of rotatable bonds is 4. The third kappa shape index (κ3) is 17.7. The first-order chi connectivity index (χ1) is 3.41. The molecule has 0 atom stereocenters. The molecule has 0 unspecified atom stereocenters. The Morgan fingerprint density at radius 1 is 1.00 bits per heavy atom. The summed E-state index contributed by atoms with van der Waals surface area (Å²) >= 11 is 2.75. The molecule has 0 aliphatic carbocycles. The molecule has 0 N–H and O–H groups in total. The number of halogens is 2. The van der Waals surface area contributed by atoms with Gasteiger partial charge in [-0.25, -0.2) is 0 Å². The van der Waals surface area contributed by atoms with Gasteiger partial charge in [0, 0.05) is 0 Å². The van der Waals surface area contributed by atoms with Crippen LogP contribution in [0.25, 0.3) is 0 Å². The van der Waals surface area contributed by atoms with E-state index in [0.29, 0.717) is 0 Å². The van der Waals surface area contributed by atoms with E-state index >= 15 is 0 Å². The molecular weight excluding hydrogens is 259 g/mol. The van der Waals surface area contributed by atoms with E-state index in [1.54, 1.807) is 0 Å². The fourth-order valence-corrected chi connectivity index (χ4v) is 0.860. The fraction of sp³-hybridized carbons (Fsp3) is 1.00. The van der Waals surface area contributed by atoms with Crippen LogP contribution in [0.4, 0.5) is 0 Å². The summed E-state index contributed by atoms with van der Waals surface area (Å²) in [5.41, 5.74) is 0. The summed E-state index contributed by atoms with van der Waals surface area (Å²) in [7, 11) is 0. The minimum atomic E-state index is 0. The van der Waals surface area contributed by atoms with Gasteiger partial charge in [0.1, 0.15) is 0 Å². The zero-order valence-electron chi connectivity index (χ0n) is 5.87. The molecule has 0 aliphatic heterocycles. The summed E-state index contributed by atoms with van der Waals surface area (Å²) in [4.78, 5) is 0. The van der Waals surface area contributed by atoms with Gasteiger partial charge < -0.3 is 34.0 Å². The van der Waals surface area contributed by atoms with Crippen LogP contribution in [0, 0.1) is 0 Å². The Bertz CT molecular complexity index is 30.2. The van der Waals surface area contributed by atoms with Crippen LogP contribution in [-0.4, -0.2) is 16.3 Å². The standard InChI is InChI=1S/C6H13.Al.2BrH/c1-3-5-6-4-2;;;/h1,3-6H2,2H3;;2*1H/q;+2;;/p-2. The van der Waals surface area contributed by atoms with Crippen molar-refractivity contribution in [3.63, 3.8) is 0 Å². The molecule has 0 rings (SSSR count). The Kier molecular flexibility index (Phi) is 30.4. The van der Waals surface area contributed by atoms with Gasteiger partial charge in [-0.15, -0.1) is 0 Å². The molecular formula is C6H13AlBr2. The van der Waals surface area contributed by atoms with E-state index in [-0.39, 0.29) is 34.0 Å². The Hall–Kier alpha value is 1.49. The number of hydrogen-bond acceptors (Lipinski definition) is 0. The molecule has 0 aliphatic rings. The van der Waals surface area contributed by atoms with Gasteiger partial charge in [-0.2, -0.15) is 0 Å². The zero-order chi connectivity index (χ0) is 5.54. The van der Waals surface area contributed by atoms with Crippen LogP contribution in [0.2, 0.25) is 5.28 Å². The molecule has 0 bridgehead atoms. The summed E-state index contributed by atoms with van der Waals surface area (Å²) in [6.07, 6.45) is 5.57. The summed E-state index contributed by atoms with van der Waals surface area (Å²) in [6.45, 7) is 2.24. The third-order valence-electron chi connectivity index (χ3n) is 1.06. The molecule has 3 heteroatoms. The van der Waals surface area contributed by atoms with Crippen LogP contribution in [0.1, 0.15) is 32.6 Å². The fourth-order valence-electron chi connectivity index (χ4n) is 0.571. The van der Waals surface area contributed by atoms with E-state index in [0.717, 1.165) is 0 Å². The zero-order valence-corrected chi connectivity index (χ0v) is 10.2. The molecule has 9 heavy (non-hydrogen) atoms. The maximum Gasteiger partial charge on any atom is -1.00 e. The average molecular weight is 272 g/mol. The van der Waals surface area contributed by atoms with Gasteiger partial charge >= 0.3 is 54.2 Å². The second-order valence-electron chi connectivity index (χ2n) is 1.85. The molecule has 0 aromatic heterocycles. The summed E-state index contributed by atoms with van der Waals surface area (Å²) in [5, 5.41) is 1.28. The van der Waals surface area contributed by atoms with Crippen LogP contribution in [0.15, 0.2) is 0 Å². The second kappa shape index (κ2) is 16.2. The summed E-state index contributed by atoms with van der Waals surface area (Å²) in [5.74, 6) is 0. The van der Waals surface area contributed by atoms with Gasteiger partial charge in [0.15, 0.2) is 0 Å². The Labute approximate surface area is 87.8 Å². The van der Waals surface area contributed by atoms with E-state index in [1.165, 1.54) is 31.0 Å². The first-order valence-corrected chi connectivity index (χ1v) is 3.93. The maximum absolute atomic E-state index is 2.75. The molecule has 0 spiro atoms. The van der Waals surface area contributed by atoms with Crippen molar-refractivity contribution in [2.45, 2.75) is 37.9 Å². The van der Waals surface area contributed by atoms with E-state index < -0.39 is 0 Å². The Morgan fingerprint density at radius 3 is 1.89 bits per heavy atom. The van der Waals surface area contributed by atoms with Crippen molar-refractivity contribution in [2.75, 3.05) is 0 Å². The molecule has 0 amide bonds. The van der Waals surface area contributed by atoms with Gasteiger partial charge in [-0.3, -0.25) is 0 Å². The topological polar surface area (TPSA) is 0 Å². The van der Waals surface area contributed by atoms with Gasteiger partial charge in [0.05, 0.1) is 0 Å². The second-order valence-corrected chi connectivity index (χ2v) is 2.43. The van der Waals surface area contributed by atoms with Crippen molar-refractivity contribution >= 4 is 16.3 Å². The average Bonchev–Trinajstić information content (AvgIpc) is 1.69. The molecule has 0 aromatic carbocycles. The first-order valence-electron chi connectivity index (χ1n) is 3.12. The molecule has 0 nitrogen and oxygen atoms in total. The van der Waals surface area contributed by atoms with E-state index in [2.05, 4.69) is 23.2 Å². The van der Waals surface area contributed by atoms with Gasteiger partial charge in [-0.05, 0) is 0 Å². The monoisotopic (exact) mass is 270 g/mol. The molecule has 0 heterocycles. The van der Waals surface area contributed by atoms with Crippen molar-refractivity contribution in [3.05, 3.63) is 0 Å². The molecule has 0 saturated heterocycles. The van der Waals surface area contributed by atoms with E-state index in [9.17, 15) is 0 Å². The van der Waals surface area contributed by atoms with Crippen LogP contribution in [-0.2, 0) is 0 Å². The van der Waals surface area contributed by atoms with Crippen LogP contribution >= 0.6 is 0 Å². The van der Waals surface area contributed by atoms with Crippen molar-refractivity contribution in [1.29, 1.82) is 0 Å². The summed E-state index contributed by atoms with van der Waals surface area (Å²) < 4.78 is 0. The van der Waals surface area contributed by atoms with Gasteiger partial charge in [0.2, 0.25) is 0 Å². The van der Waals surface area contributed by atoms with Gasteiger partial charge in [-0.1, -0.05) is 0 Å². The third-order valence-corrected chi connectivity index (χ3v) is 1.47. The molecule has 0 fully saturated rings. The predicted octanol–water partition coefficient (Wildman–Crippen LogP) is -3.84. The van der Waals surface area contributed by atoms with Crippen molar-refractivity contribution in [2.24, 2.45) is 0 Å². The van der Waals surface area contributed by atoms with Crippen molar-refractivity contribution < 1.29 is 34.0 Å².